The number of piperidine rings is 2. The predicted molar refractivity (Wildman–Crippen MR) is 153 cm³/mol. The van der Waals surface area contributed by atoms with Crippen LogP contribution in [-0.4, -0.2) is 68.6 Å². The van der Waals surface area contributed by atoms with Gasteiger partial charge in [-0.05, 0) is 81.7 Å². The zero-order valence-corrected chi connectivity index (χ0v) is 22.5. The standard InChI is InChI=1S/C31H36FN7/c1-37-17-14-27(15-18-37)39-22-34-29(24-7-9-25(32)10-8-24)30(39)28-11-16-33-31(36-28)35-26-12-19-38(20-13-26)21-23-5-3-2-4-6-23/h2-11,16,22,26-27H,12-15,17-21H2,1H3,(H,33,35,36). The third-order valence-electron chi connectivity index (χ3n) is 8.06. The van der Waals surface area contributed by atoms with Crippen molar-refractivity contribution in [3.05, 3.63) is 84.6 Å². The van der Waals surface area contributed by atoms with Crippen LogP contribution in [-0.2, 0) is 6.54 Å². The Kier molecular flexibility index (Phi) is 7.65. The van der Waals surface area contributed by atoms with Crippen molar-refractivity contribution in [2.75, 3.05) is 38.5 Å². The number of halogens is 1. The topological polar surface area (TPSA) is 62.1 Å². The van der Waals surface area contributed by atoms with Gasteiger partial charge < -0.3 is 14.8 Å². The molecule has 2 aliphatic rings. The number of imidazole rings is 1. The number of likely N-dealkylation sites (tertiary alicyclic amines) is 2. The molecule has 202 valence electrons. The Morgan fingerprint density at radius 1 is 0.872 bits per heavy atom. The molecule has 4 heterocycles. The fourth-order valence-corrected chi connectivity index (χ4v) is 5.80. The van der Waals surface area contributed by atoms with Crippen molar-refractivity contribution in [1.29, 1.82) is 0 Å². The van der Waals surface area contributed by atoms with E-state index in [2.05, 4.69) is 62.0 Å². The summed E-state index contributed by atoms with van der Waals surface area (Å²) in [6, 6.07) is 19.9. The minimum Gasteiger partial charge on any atom is -0.351 e. The number of benzene rings is 2. The first kappa shape index (κ1) is 25.6. The lowest BCUT2D eigenvalue weighted by Crippen LogP contribution is -2.39. The van der Waals surface area contributed by atoms with Gasteiger partial charge in [-0.25, -0.2) is 19.3 Å². The molecule has 1 N–H and O–H groups in total. The molecular weight excluding hydrogens is 489 g/mol. The quantitative estimate of drug-likeness (QED) is 0.344. The summed E-state index contributed by atoms with van der Waals surface area (Å²) in [6.45, 7) is 5.18. The van der Waals surface area contributed by atoms with E-state index < -0.39 is 0 Å². The Balaban J connectivity index is 1.21. The van der Waals surface area contributed by atoms with E-state index in [1.165, 1.54) is 17.7 Å². The van der Waals surface area contributed by atoms with E-state index in [9.17, 15) is 4.39 Å². The van der Waals surface area contributed by atoms with Crippen molar-refractivity contribution in [1.82, 2.24) is 29.3 Å². The summed E-state index contributed by atoms with van der Waals surface area (Å²) in [5.41, 5.74) is 4.88. The lowest BCUT2D eigenvalue weighted by Gasteiger charge is -2.32. The van der Waals surface area contributed by atoms with Gasteiger partial charge in [0.2, 0.25) is 5.95 Å². The Morgan fingerprint density at radius 3 is 2.36 bits per heavy atom. The zero-order valence-electron chi connectivity index (χ0n) is 22.5. The van der Waals surface area contributed by atoms with Gasteiger partial charge in [0.05, 0.1) is 23.4 Å². The molecule has 2 aromatic heterocycles. The van der Waals surface area contributed by atoms with Gasteiger partial charge in [-0.1, -0.05) is 30.3 Å². The molecule has 6 rings (SSSR count). The highest BCUT2D eigenvalue weighted by Gasteiger charge is 2.25. The molecule has 8 heteroatoms. The SMILES string of the molecule is CN1CCC(n2cnc(-c3ccc(F)cc3)c2-c2ccnc(NC3CCN(Cc4ccccc4)CC3)n2)CC1. The monoisotopic (exact) mass is 525 g/mol. The van der Waals surface area contributed by atoms with Crippen molar-refractivity contribution < 1.29 is 4.39 Å². The Bertz CT molecular complexity index is 1360. The van der Waals surface area contributed by atoms with Crippen molar-refractivity contribution in [3.63, 3.8) is 0 Å². The minimum atomic E-state index is -0.251. The molecule has 2 saturated heterocycles. The molecule has 2 aliphatic heterocycles. The maximum Gasteiger partial charge on any atom is 0.223 e. The molecule has 39 heavy (non-hydrogen) atoms. The van der Waals surface area contributed by atoms with Gasteiger partial charge in [-0.2, -0.15) is 0 Å². The molecule has 0 atom stereocenters. The van der Waals surface area contributed by atoms with Crippen LogP contribution in [0.15, 0.2) is 73.2 Å². The molecule has 2 aromatic carbocycles. The van der Waals surface area contributed by atoms with Crippen molar-refractivity contribution in [2.45, 2.75) is 44.3 Å². The van der Waals surface area contributed by atoms with E-state index in [-0.39, 0.29) is 5.82 Å². The van der Waals surface area contributed by atoms with Crippen LogP contribution >= 0.6 is 0 Å². The van der Waals surface area contributed by atoms with E-state index in [4.69, 9.17) is 9.97 Å². The van der Waals surface area contributed by atoms with Crippen LogP contribution in [0.25, 0.3) is 22.6 Å². The van der Waals surface area contributed by atoms with Gasteiger partial charge >= 0.3 is 0 Å². The summed E-state index contributed by atoms with van der Waals surface area (Å²) in [4.78, 5) is 19.3. The lowest BCUT2D eigenvalue weighted by atomic mass is 10.0. The minimum absolute atomic E-state index is 0.251. The molecular formula is C31H36FN7. The highest BCUT2D eigenvalue weighted by molar-refractivity contribution is 5.77. The van der Waals surface area contributed by atoms with Crippen LogP contribution in [0.1, 0.15) is 37.3 Å². The predicted octanol–water partition coefficient (Wildman–Crippen LogP) is 5.49. The summed E-state index contributed by atoms with van der Waals surface area (Å²) in [6.07, 6.45) is 7.97. The number of nitrogens with one attached hydrogen (secondary N) is 1. The Hall–Kier alpha value is -3.62. The van der Waals surface area contributed by atoms with Crippen molar-refractivity contribution >= 4 is 5.95 Å². The van der Waals surface area contributed by atoms with E-state index in [1.807, 2.05) is 18.6 Å². The van der Waals surface area contributed by atoms with E-state index in [0.29, 0.717) is 18.0 Å². The second kappa shape index (κ2) is 11.6. The molecule has 0 saturated carbocycles. The number of aromatic nitrogens is 4. The maximum atomic E-state index is 13.7. The molecule has 0 radical (unpaired) electrons. The lowest BCUT2D eigenvalue weighted by molar-refractivity contribution is 0.211. The Morgan fingerprint density at radius 2 is 1.62 bits per heavy atom. The van der Waals surface area contributed by atoms with Crippen LogP contribution < -0.4 is 5.32 Å². The number of nitrogens with zero attached hydrogens (tertiary/aromatic N) is 6. The number of hydrogen-bond donors (Lipinski definition) is 1. The molecule has 0 bridgehead atoms. The third kappa shape index (κ3) is 6.02. The van der Waals surface area contributed by atoms with Crippen molar-refractivity contribution in [3.8, 4) is 22.6 Å². The van der Waals surface area contributed by atoms with Gasteiger partial charge in [-0.3, -0.25) is 4.90 Å². The van der Waals surface area contributed by atoms with Gasteiger partial charge in [0.25, 0.3) is 0 Å². The molecule has 0 amide bonds. The molecule has 0 aliphatic carbocycles. The third-order valence-corrected chi connectivity index (χ3v) is 8.06. The second-order valence-electron chi connectivity index (χ2n) is 10.8. The van der Waals surface area contributed by atoms with Crippen LogP contribution in [0.3, 0.4) is 0 Å². The Labute approximate surface area is 229 Å². The van der Waals surface area contributed by atoms with Gasteiger partial charge in [0.15, 0.2) is 0 Å². The highest BCUT2D eigenvalue weighted by atomic mass is 19.1. The first-order chi connectivity index (χ1) is 19.1. The molecule has 0 unspecified atom stereocenters. The van der Waals surface area contributed by atoms with Crippen LogP contribution in [0.2, 0.25) is 0 Å². The fraction of sp³-hybridized carbons (Fsp3) is 0.387. The molecule has 7 nitrogen and oxygen atoms in total. The van der Waals surface area contributed by atoms with E-state index in [1.54, 1.807) is 12.1 Å². The average Bonchev–Trinajstić information content (AvgIpc) is 3.41. The van der Waals surface area contributed by atoms with Gasteiger partial charge in [0, 0.05) is 43.5 Å². The van der Waals surface area contributed by atoms with E-state index in [0.717, 1.165) is 81.1 Å². The summed E-state index contributed by atoms with van der Waals surface area (Å²) in [5, 5.41) is 3.60. The van der Waals surface area contributed by atoms with E-state index >= 15 is 0 Å². The highest BCUT2D eigenvalue weighted by Crippen LogP contribution is 2.35. The average molecular weight is 526 g/mol. The number of hydrogen-bond acceptors (Lipinski definition) is 6. The summed E-state index contributed by atoms with van der Waals surface area (Å²) >= 11 is 0. The normalized spacial score (nSPS) is 17.9. The van der Waals surface area contributed by atoms with Crippen LogP contribution in [0, 0.1) is 5.82 Å². The largest absolute Gasteiger partial charge is 0.351 e. The maximum absolute atomic E-state index is 13.7. The van der Waals surface area contributed by atoms with Gasteiger partial charge in [-0.15, -0.1) is 0 Å². The second-order valence-corrected chi connectivity index (χ2v) is 10.8. The first-order valence-corrected chi connectivity index (χ1v) is 14.0. The molecule has 2 fully saturated rings. The van der Waals surface area contributed by atoms with Gasteiger partial charge in [0.1, 0.15) is 5.82 Å². The fourth-order valence-electron chi connectivity index (χ4n) is 5.80. The number of anilines is 1. The summed E-state index contributed by atoms with van der Waals surface area (Å²) in [7, 11) is 2.17. The molecule has 4 aromatic rings. The van der Waals surface area contributed by atoms with Crippen molar-refractivity contribution in [2.24, 2.45) is 0 Å². The summed E-state index contributed by atoms with van der Waals surface area (Å²) in [5.74, 6) is 0.397. The zero-order chi connectivity index (χ0) is 26.6. The smallest absolute Gasteiger partial charge is 0.223 e. The van der Waals surface area contributed by atoms with Crippen LogP contribution in [0.4, 0.5) is 10.3 Å². The summed E-state index contributed by atoms with van der Waals surface area (Å²) < 4.78 is 16.0. The van der Waals surface area contributed by atoms with Crippen LogP contribution in [0.5, 0.6) is 0 Å². The first-order valence-electron chi connectivity index (χ1n) is 14.0. The molecule has 0 spiro atoms. The number of rotatable bonds is 7.